The molecule has 238 valence electrons. The van der Waals surface area contributed by atoms with Crippen LogP contribution in [0, 0.1) is 12.7 Å². The smallest absolute Gasteiger partial charge is 0.426 e. The number of hydroxylamine groups is 1. The third-order valence-corrected chi connectivity index (χ3v) is 6.49. The number of thiazole rings is 1. The van der Waals surface area contributed by atoms with Crippen LogP contribution < -0.4 is 21.3 Å². The van der Waals surface area contributed by atoms with Crippen LogP contribution in [-0.4, -0.2) is 52.1 Å². The Hall–Kier alpha value is -4.50. The number of halogens is 1. The van der Waals surface area contributed by atoms with E-state index in [9.17, 15) is 23.6 Å². The minimum Gasteiger partial charge on any atom is -0.499 e. The molecule has 1 aromatic carbocycles. The number of rotatable bonds is 9. The summed E-state index contributed by atoms with van der Waals surface area (Å²) in [6.07, 6.45) is -1.02. The molecule has 0 saturated heterocycles. The molecule has 2 aromatic heterocycles. The average Bonchev–Trinajstić information content (AvgIpc) is 3.30. The molecular formula is C29H36FN5O8S. The minimum atomic E-state index is -1.11. The van der Waals surface area contributed by atoms with E-state index < -0.39 is 40.7 Å². The van der Waals surface area contributed by atoms with E-state index in [1.807, 2.05) is 0 Å². The number of imide groups is 1. The van der Waals surface area contributed by atoms with Crippen molar-refractivity contribution in [3.63, 3.8) is 0 Å². The summed E-state index contributed by atoms with van der Waals surface area (Å²) in [5, 5.41) is 2.51. The van der Waals surface area contributed by atoms with Crippen molar-refractivity contribution in [3.8, 4) is 0 Å². The van der Waals surface area contributed by atoms with Gasteiger partial charge < -0.3 is 19.5 Å². The van der Waals surface area contributed by atoms with E-state index in [4.69, 9.17) is 19.0 Å². The fourth-order valence-electron chi connectivity index (χ4n) is 3.65. The van der Waals surface area contributed by atoms with Gasteiger partial charge in [0.1, 0.15) is 51.8 Å². The van der Waals surface area contributed by atoms with Crippen LogP contribution in [0.25, 0.3) is 10.2 Å². The molecule has 0 radical (unpaired) electrons. The number of benzene rings is 1. The van der Waals surface area contributed by atoms with Gasteiger partial charge in [0.25, 0.3) is 11.5 Å². The predicted molar refractivity (Wildman–Crippen MR) is 164 cm³/mol. The zero-order valence-electron chi connectivity index (χ0n) is 25.8. The number of carbonyl (C=O) groups excluding carboxylic acids is 3. The molecule has 3 aromatic rings. The maximum atomic E-state index is 14.9. The molecule has 0 atom stereocenters. The van der Waals surface area contributed by atoms with E-state index in [1.54, 1.807) is 54.5 Å². The normalized spacial score (nSPS) is 11.6. The molecule has 13 nitrogen and oxygen atoms in total. The van der Waals surface area contributed by atoms with Crippen molar-refractivity contribution in [2.45, 2.75) is 59.7 Å². The van der Waals surface area contributed by atoms with Crippen LogP contribution in [0.4, 0.5) is 30.6 Å². The number of hydrogen-bond donors (Lipinski definition) is 2. The predicted octanol–water partition coefficient (Wildman–Crippen LogP) is 5.68. The van der Waals surface area contributed by atoms with E-state index in [2.05, 4.69) is 22.4 Å². The van der Waals surface area contributed by atoms with E-state index in [0.717, 1.165) is 4.57 Å². The molecule has 3 rings (SSSR count). The minimum absolute atomic E-state index is 0.0288. The van der Waals surface area contributed by atoms with E-state index in [-0.39, 0.29) is 45.6 Å². The second kappa shape index (κ2) is 13.4. The van der Waals surface area contributed by atoms with Crippen LogP contribution in [-0.2, 0) is 26.1 Å². The molecule has 2 heterocycles. The Balaban J connectivity index is 2.25. The summed E-state index contributed by atoms with van der Waals surface area (Å²) in [5.74, 6) is -1.63. The van der Waals surface area contributed by atoms with Gasteiger partial charge in [-0.25, -0.2) is 24.4 Å². The Morgan fingerprint density at radius 2 is 1.70 bits per heavy atom. The summed E-state index contributed by atoms with van der Waals surface area (Å²) in [5.41, 5.74) is -0.199. The lowest BCUT2D eigenvalue weighted by Gasteiger charge is -2.27. The van der Waals surface area contributed by atoms with Gasteiger partial charge in [-0.15, -0.1) is 0 Å². The fourth-order valence-corrected chi connectivity index (χ4v) is 4.68. The third-order valence-electron chi connectivity index (χ3n) is 5.46. The highest BCUT2D eigenvalue weighted by Crippen LogP contribution is 2.34. The van der Waals surface area contributed by atoms with Gasteiger partial charge in [0.2, 0.25) is 5.13 Å². The lowest BCUT2D eigenvalue weighted by atomic mass is 10.1. The summed E-state index contributed by atoms with van der Waals surface area (Å²) in [4.78, 5) is 63.8. The van der Waals surface area contributed by atoms with Crippen molar-refractivity contribution in [3.05, 3.63) is 58.3 Å². The highest BCUT2D eigenvalue weighted by atomic mass is 32.1. The number of aromatic nitrogens is 2. The molecule has 0 saturated carbocycles. The van der Waals surface area contributed by atoms with Crippen molar-refractivity contribution in [2.24, 2.45) is 7.05 Å². The molecule has 0 aliphatic carbocycles. The van der Waals surface area contributed by atoms with Crippen LogP contribution >= 0.6 is 11.3 Å². The number of aryl methyl sites for hydroxylation is 1. The third kappa shape index (κ3) is 8.32. The first-order valence-corrected chi connectivity index (χ1v) is 14.2. The van der Waals surface area contributed by atoms with Gasteiger partial charge in [-0.1, -0.05) is 24.0 Å². The standard InChI is InChI=1S/C29H36FN5O8S/c1-10-40-13-14-41-33-23(36)19-20-21(24(37)34(9)22(19)31-18-12-11-16(2)15-17(18)30)44-25(32-20)35(26(38)42-28(3,4)5)27(39)43-29(6,7)8/h10-12,15,31H,1,13-14H2,2-9H3,(H,33,36). The zero-order valence-corrected chi connectivity index (χ0v) is 26.6. The quantitative estimate of drug-likeness (QED) is 0.171. The Morgan fingerprint density at radius 3 is 2.25 bits per heavy atom. The summed E-state index contributed by atoms with van der Waals surface area (Å²) >= 11 is 0.668. The van der Waals surface area contributed by atoms with Gasteiger partial charge >= 0.3 is 12.2 Å². The van der Waals surface area contributed by atoms with Gasteiger partial charge in [-0.2, -0.15) is 4.90 Å². The van der Waals surface area contributed by atoms with Crippen molar-refractivity contribution in [1.29, 1.82) is 0 Å². The SMILES string of the molecule is C=COCCONC(=O)c1c(Nc2ccc(C)cc2F)n(C)c(=O)c2sc(N(C(=O)OC(C)(C)C)C(=O)OC(C)(C)C)nc12. The van der Waals surface area contributed by atoms with Gasteiger partial charge in [-0.05, 0) is 66.2 Å². The number of hydrogen-bond acceptors (Lipinski definition) is 11. The maximum absolute atomic E-state index is 14.9. The van der Waals surface area contributed by atoms with Gasteiger partial charge in [-0.3, -0.25) is 19.0 Å². The van der Waals surface area contributed by atoms with E-state index in [0.29, 0.717) is 21.8 Å². The molecular weight excluding hydrogens is 597 g/mol. The molecule has 0 aliphatic rings. The number of amides is 3. The molecule has 0 bridgehead atoms. The van der Waals surface area contributed by atoms with Crippen molar-refractivity contribution in [1.82, 2.24) is 15.0 Å². The lowest BCUT2D eigenvalue weighted by Crippen LogP contribution is -2.43. The van der Waals surface area contributed by atoms with E-state index >= 15 is 0 Å². The van der Waals surface area contributed by atoms with Crippen LogP contribution in [0.5, 0.6) is 0 Å². The number of nitrogens with one attached hydrogen (secondary N) is 2. The lowest BCUT2D eigenvalue weighted by molar-refractivity contribution is 0.0146. The first-order valence-electron chi connectivity index (χ1n) is 13.4. The first kappa shape index (κ1) is 34.0. The van der Waals surface area contributed by atoms with Crippen LogP contribution in [0.3, 0.4) is 0 Å². The van der Waals surface area contributed by atoms with Crippen LogP contribution in [0.2, 0.25) is 0 Å². The second-order valence-electron chi connectivity index (χ2n) is 11.5. The Kier molecular flexibility index (Phi) is 10.4. The number of fused-ring (bicyclic) bond motifs is 1. The first-order chi connectivity index (χ1) is 20.4. The summed E-state index contributed by atoms with van der Waals surface area (Å²) in [6, 6.07) is 4.37. The summed E-state index contributed by atoms with van der Waals surface area (Å²) < 4.78 is 31.7. The molecule has 0 fully saturated rings. The van der Waals surface area contributed by atoms with Crippen molar-refractivity contribution in [2.75, 3.05) is 23.4 Å². The van der Waals surface area contributed by atoms with Gasteiger partial charge in [0, 0.05) is 7.05 Å². The van der Waals surface area contributed by atoms with Crippen LogP contribution in [0.1, 0.15) is 57.5 Å². The number of ether oxygens (including phenoxy) is 3. The fraction of sp³-hybridized carbons (Fsp3) is 0.414. The number of anilines is 3. The number of carbonyl (C=O) groups is 3. The Bertz CT molecular complexity index is 1610. The highest BCUT2D eigenvalue weighted by Gasteiger charge is 2.36. The Morgan fingerprint density at radius 1 is 1.09 bits per heavy atom. The molecule has 0 aliphatic heterocycles. The largest absolute Gasteiger partial charge is 0.499 e. The zero-order chi connectivity index (χ0) is 33.0. The Labute approximate surface area is 257 Å². The maximum Gasteiger partial charge on any atom is 0.426 e. The molecule has 0 unspecified atom stereocenters. The van der Waals surface area contributed by atoms with Crippen molar-refractivity contribution < 1.29 is 37.8 Å². The molecule has 0 spiro atoms. The molecule has 15 heteroatoms. The summed E-state index contributed by atoms with van der Waals surface area (Å²) in [7, 11) is 1.37. The highest BCUT2D eigenvalue weighted by molar-refractivity contribution is 7.22. The topological polar surface area (TPSA) is 150 Å². The van der Waals surface area contributed by atoms with E-state index in [1.165, 1.54) is 25.4 Å². The van der Waals surface area contributed by atoms with Gasteiger partial charge in [0.15, 0.2) is 0 Å². The number of pyridine rings is 1. The summed E-state index contributed by atoms with van der Waals surface area (Å²) in [6.45, 7) is 14.8. The molecule has 3 amide bonds. The number of nitrogens with zero attached hydrogens (tertiary/aromatic N) is 3. The monoisotopic (exact) mass is 633 g/mol. The molecule has 44 heavy (non-hydrogen) atoms. The average molecular weight is 634 g/mol. The second-order valence-corrected chi connectivity index (χ2v) is 12.5. The van der Waals surface area contributed by atoms with Crippen molar-refractivity contribution >= 4 is 56.3 Å². The van der Waals surface area contributed by atoms with Crippen LogP contribution in [0.15, 0.2) is 35.8 Å². The molecule has 2 N–H and O–H groups in total. The van der Waals surface area contributed by atoms with Gasteiger partial charge in [0.05, 0.1) is 11.9 Å².